The van der Waals surface area contributed by atoms with Crippen molar-refractivity contribution in [3.8, 4) is 0 Å². The molecule has 0 saturated heterocycles. The molecular weight excluding hydrogens is 200 g/mol. The molecule has 3 aliphatic rings. The molecule has 0 radical (unpaired) electrons. The second kappa shape index (κ2) is 2.84. The highest BCUT2D eigenvalue weighted by Gasteiger charge is 2.74. The monoisotopic (exact) mass is 224 g/mol. The van der Waals surface area contributed by atoms with Crippen molar-refractivity contribution >= 4 is 0 Å². The summed E-state index contributed by atoms with van der Waals surface area (Å²) in [5.41, 5.74) is 0.0250. The van der Waals surface area contributed by atoms with Crippen LogP contribution in [0.1, 0.15) is 52.9 Å². The van der Waals surface area contributed by atoms with E-state index < -0.39 is 0 Å². The van der Waals surface area contributed by atoms with E-state index in [1.807, 2.05) is 0 Å². The highest BCUT2D eigenvalue weighted by atomic mass is 16.3. The molecule has 0 heterocycles. The summed E-state index contributed by atoms with van der Waals surface area (Å²) >= 11 is 0. The van der Waals surface area contributed by atoms with Gasteiger partial charge in [-0.25, -0.2) is 0 Å². The third-order valence-electron chi connectivity index (χ3n) is 6.76. The Morgan fingerprint density at radius 1 is 1.00 bits per heavy atom. The minimum atomic E-state index is -0.300. The van der Waals surface area contributed by atoms with Crippen LogP contribution in [0.15, 0.2) is 0 Å². The van der Waals surface area contributed by atoms with E-state index in [-0.39, 0.29) is 28.5 Å². The molecular formula is C14H24O2. The van der Waals surface area contributed by atoms with Gasteiger partial charge in [0.15, 0.2) is 0 Å². The van der Waals surface area contributed by atoms with Crippen LogP contribution in [-0.2, 0) is 0 Å². The number of rotatable bonds is 0. The first-order valence-corrected chi connectivity index (χ1v) is 6.73. The second-order valence-corrected chi connectivity index (χ2v) is 7.15. The molecule has 3 aliphatic carbocycles. The fraction of sp³-hybridized carbons (Fsp3) is 1.00. The van der Waals surface area contributed by atoms with Gasteiger partial charge in [-0.1, -0.05) is 27.2 Å². The van der Waals surface area contributed by atoms with Crippen LogP contribution in [0.25, 0.3) is 0 Å². The number of aliphatic hydroxyl groups is 2. The van der Waals surface area contributed by atoms with Gasteiger partial charge in [0.1, 0.15) is 0 Å². The lowest BCUT2D eigenvalue weighted by Crippen LogP contribution is -2.48. The van der Waals surface area contributed by atoms with Crippen LogP contribution < -0.4 is 0 Å². The van der Waals surface area contributed by atoms with Crippen LogP contribution in [0, 0.1) is 22.2 Å². The minimum absolute atomic E-state index is 0.0169. The van der Waals surface area contributed by atoms with Gasteiger partial charge in [0.05, 0.1) is 12.2 Å². The fourth-order valence-electron chi connectivity index (χ4n) is 5.50. The first-order valence-electron chi connectivity index (χ1n) is 6.73. The van der Waals surface area contributed by atoms with E-state index in [4.69, 9.17) is 0 Å². The average Bonchev–Trinajstić information content (AvgIpc) is 2.71. The molecule has 0 aromatic rings. The molecule has 1 spiro atoms. The highest BCUT2D eigenvalue weighted by molar-refractivity contribution is 5.23. The summed E-state index contributed by atoms with van der Waals surface area (Å²) < 4.78 is 0. The number of hydrogen-bond acceptors (Lipinski definition) is 2. The van der Waals surface area contributed by atoms with Gasteiger partial charge in [0.25, 0.3) is 0 Å². The lowest BCUT2D eigenvalue weighted by molar-refractivity contribution is -0.105. The lowest BCUT2D eigenvalue weighted by Gasteiger charge is -2.43. The van der Waals surface area contributed by atoms with Crippen molar-refractivity contribution in [1.82, 2.24) is 0 Å². The molecule has 3 fully saturated rings. The van der Waals surface area contributed by atoms with Crippen LogP contribution in [0.5, 0.6) is 0 Å². The average molecular weight is 224 g/mol. The second-order valence-electron chi connectivity index (χ2n) is 7.15. The molecule has 3 rings (SSSR count). The van der Waals surface area contributed by atoms with E-state index in [1.165, 1.54) is 6.42 Å². The van der Waals surface area contributed by atoms with Crippen molar-refractivity contribution in [1.29, 1.82) is 0 Å². The van der Waals surface area contributed by atoms with E-state index in [2.05, 4.69) is 20.8 Å². The summed E-state index contributed by atoms with van der Waals surface area (Å²) in [4.78, 5) is 0. The van der Waals surface area contributed by atoms with E-state index in [0.29, 0.717) is 5.92 Å². The van der Waals surface area contributed by atoms with Gasteiger partial charge in [0, 0.05) is 5.41 Å². The zero-order valence-corrected chi connectivity index (χ0v) is 10.7. The van der Waals surface area contributed by atoms with Crippen LogP contribution >= 0.6 is 0 Å². The lowest BCUT2D eigenvalue weighted by atomic mass is 9.65. The predicted molar refractivity (Wildman–Crippen MR) is 62.9 cm³/mol. The quantitative estimate of drug-likeness (QED) is 0.663. The Kier molecular flexibility index (Phi) is 1.96. The maximum absolute atomic E-state index is 10.8. The molecule has 16 heavy (non-hydrogen) atoms. The highest BCUT2D eigenvalue weighted by Crippen LogP contribution is 2.75. The third kappa shape index (κ3) is 0.862. The topological polar surface area (TPSA) is 40.5 Å². The van der Waals surface area contributed by atoms with Gasteiger partial charge in [-0.2, -0.15) is 0 Å². The summed E-state index contributed by atoms with van der Waals surface area (Å²) in [6.45, 7) is 6.83. The summed E-state index contributed by atoms with van der Waals surface area (Å²) in [7, 11) is 0. The van der Waals surface area contributed by atoms with Crippen LogP contribution in [0.4, 0.5) is 0 Å². The van der Waals surface area contributed by atoms with Gasteiger partial charge in [-0.05, 0) is 42.4 Å². The van der Waals surface area contributed by atoms with E-state index in [0.717, 1.165) is 25.7 Å². The fourth-order valence-corrected chi connectivity index (χ4v) is 5.50. The van der Waals surface area contributed by atoms with E-state index in [1.54, 1.807) is 0 Å². The molecule has 5 atom stereocenters. The molecule has 0 aromatic carbocycles. The minimum Gasteiger partial charge on any atom is -0.392 e. The maximum Gasteiger partial charge on any atom is 0.0682 e. The van der Waals surface area contributed by atoms with Crippen molar-refractivity contribution in [3.05, 3.63) is 0 Å². The zero-order valence-electron chi connectivity index (χ0n) is 10.7. The third-order valence-corrected chi connectivity index (χ3v) is 6.76. The Balaban J connectivity index is 2.12. The first kappa shape index (κ1) is 11.0. The Morgan fingerprint density at radius 2 is 1.69 bits per heavy atom. The largest absolute Gasteiger partial charge is 0.392 e. The van der Waals surface area contributed by atoms with Crippen molar-refractivity contribution in [2.24, 2.45) is 22.2 Å². The molecule has 0 aliphatic heterocycles. The standard InChI is InChI=1S/C14H24O2/c1-12(2)9-6-8-13(12,3)11(16)14(9)7-4-5-10(14)15/h9-11,15-16H,4-8H2,1-3H3. The van der Waals surface area contributed by atoms with Crippen molar-refractivity contribution < 1.29 is 10.2 Å². The van der Waals surface area contributed by atoms with E-state index >= 15 is 0 Å². The van der Waals surface area contributed by atoms with Gasteiger partial charge in [-0.3, -0.25) is 0 Å². The number of aliphatic hydroxyl groups excluding tert-OH is 2. The molecule has 2 bridgehead atoms. The number of hydrogen-bond donors (Lipinski definition) is 2. The first-order chi connectivity index (χ1) is 7.37. The van der Waals surface area contributed by atoms with Gasteiger partial charge >= 0.3 is 0 Å². The molecule has 2 heteroatoms. The summed E-state index contributed by atoms with van der Waals surface area (Å²) in [5, 5.41) is 21.1. The van der Waals surface area contributed by atoms with Crippen molar-refractivity contribution in [2.45, 2.75) is 65.1 Å². The van der Waals surface area contributed by atoms with Crippen LogP contribution in [0.2, 0.25) is 0 Å². The summed E-state index contributed by atoms with van der Waals surface area (Å²) in [6, 6.07) is 0. The smallest absolute Gasteiger partial charge is 0.0682 e. The summed E-state index contributed by atoms with van der Waals surface area (Å²) in [5.74, 6) is 0.512. The molecule has 92 valence electrons. The normalized spacial score (nSPS) is 58.7. The molecule has 2 nitrogen and oxygen atoms in total. The van der Waals surface area contributed by atoms with Gasteiger partial charge in [0.2, 0.25) is 0 Å². The van der Waals surface area contributed by atoms with Crippen LogP contribution in [-0.4, -0.2) is 22.4 Å². The molecule has 0 aromatic heterocycles. The van der Waals surface area contributed by atoms with Gasteiger partial charge < -0.3 is 10.2 Å². The Labute approximate surface area is 98.1 Å². The molecule has 0 amide bonds. The Hall–Kier alpha value is -0.0800. The predicted octanol–water partition coefficient (Wildman–Crippen LogP) is 2.33. The maximum atomic E-state index is 10.8. The SMILES string of the molecule is CC1(C)C2CCC1(C)C(O)C21CCCC1O. The van der Waals surface area contributed by atoms with Crippen molar-refractivity contribution in [3.63, 3.8) is 0 Å². The number of fused-ring (bicyclic) bond motifs is 3. The molecule has 3 saturated carbocycles. The summed E-state index contributed by atoms with van der Waals surface area (Å²) in [6.07, 6.45) is 4.75. The zero-order chi connectivity index (χ0) is 11.8. The Bertz CT molecular complexity index is 325. The van der Waals surface area contributed by atoms with E-state index in [9.17, 15) is 10.2 Å². The molecule has 2 N–H and O–H groups in total. The van der Waals surface area contributed by atoms with Gasteiger partial charge in [-0.15, -0.1) is 0 Å². The molecule has 5 unspecified atom stereocenters. The van der Waals surface area contributed by atoms with Crippen LogP contribution in [0.3, 0.4) is 0 Å². The Morgan fingerprint density at radius 3 is 2.12 bits per heavy atom. The van der Waals surface area contributed by atoms with Crippen molar-refractivity contribution in [2.75, 3.05) is 0 Å².